The van der Waals surface area contributed by atoms with Gasteiger partial charge in [0.25, 0.3) is 12.5 Å². The summed E-state index contributed by atoms with van der Waals surface area (Å²) in [6, 6.07) is 3.58. The smallest absolute Gasteiger partial charge is 0.288 e. The molecule has 0 spiro atoms. The van der Waals surface area contributed by atoms with Crippen molar-refractivity contribution < 1.29 is 9.48 Å². The second-order valence-electron chi connectivity index (χ2n) is 3.36. The van der Waals surface area contributed by atoms with Gasteiger partial charge in [0.2, 0.25) is 0 Å². The Kier molecular flexibility index (Phi) is 3.34. The standard InChI is InChI=1S/C11H11N5O/c1-12-10(17)8-16-6-3-9(7-15-16)11-13-4-2-5-14-11/h2-7H,8H2,1H3/p+1. The SMILES string of the molecule is CNC(=O)C[n+]1ccc(-c2ncccn2)cn1. The average Bonchev–Trinajstić information content (AvgIpc) is 2.40. The Hall–Kier alpha value is -2.37. The molecule has 2 aromatic rings. The predicted molar refractivity (Wildman–Crippen MR) is 59.5 cm³/mol. The monoisotopic (exact) mass is 230 g/mol. The number of hydrogen-bond acceptors (Lipinski definition) is 4. The van der Waals surface area contributed by atoms with Crippen LogP contribution in [0.3, 0.4) is 0 Å². The Morgan fingerprint density at radius 2 is 2.18 bits per heavy atom. The molecule has 0 aliphatic carbocycles. The van der Waals surface area contributed by atoms with E-state index in [1.54, 1.807) is 42.6 Å². The minimum atomic E-state index is -0.0915. The molecule has 6 nitrogen and oxygen atoms in total. The minimum absolute atomic E-state index is 0.0915. The summed E-state index contributed by atoms with van der Waals surface area (Å²) in [5.74, 6) is 0.526. The number of nitrogens with one attached hydrogen (secondary N) is 1. The molecular formula is C11H12N5O+. The first-order chi connectivity index (χ1) is 8.29. The summed E-state index contributed by atoms with van der Waals surface area (Å²) in [6.45, 7) is 0.201. The number of likely N-dealkylation sites (N-methyl/N-ethyl adjacent to an activating group) is 1. The number of amides is 1. The highest BCUT2D eigenvalue weighted by molar-refractivity contribution is 5.73. The lowest BCUT2D eigenvalue weighted by Gasteiger charge is -1.97. The molecule has 0 atom stereocenters. The van der Waals surface area contributed by atoms with Crippen LogP contribution in [0.15, 0.2) is 36.9 Å². The fraction of sp³-hybridized carbons (Fsp3) is 0.182. The van der Waals surface area contributed by atoms with E-state index in [-0.39, 0.29) is 12.5 Å². The molecule has 1 amide bonds. The number of carbonyl (C=O) groups is 1. The molecule has 86 valence electrons. The molecule has 0 fully saturated rings. The number of carbonyl (C=O) groups excluding carboxylic acids is 1. The summed E-state index contributed by atoms with van der Waals surface area (Å²) in [4.78, 5) is 19.4. The van der Waals surface area contributed by atoms with Crippen LogP contribution in [0, 0.1) is 0 Å². The van der Waals surface area contributed by atoms with Crippen molar-refractivity contribution in [3.63, 3.8) is 0 Å². The van der Waals surface area contributed by atoms with Crippen molar-refractivity contribution in [2.45, 2.75) is 6.54 Å². The van der Waals surface area contributed by atoms with Crippen molar-refractivity contribution in [2.75, 3.05) is 7.05 Å². The van der Waals surface area contributed by atoms with Crippen LogP contribution in [0.1, 0.15) is 0 Å². The van der Waals surface area contributed by atoms with Crippen molar-refractivity contribution in [3.8, 4) is 11.4 Å². The predicted octanol–water partition coefficient (Wildman–Crippen LogP) is -0.428. The summed E-state index contributed by atoms with van der Waals surface area (Å²) < 4.78 is 1.55. The van der Waals surface area contributed by atoms with Gasteiger partial charge in [-0.05, 0) is 11.2 Å². The number of nitrogens with zero attached hydrogens (tertiary/aromatic N) is 4. The molecule has 1 N–H and O–H groups in total. The van der Waals surface area contributed by atoms with Crippen LogP contribution in [0.2, 0.25) is 0 Å². The molecule has 2 heterocycles. The normalized spacial score (nSPS) is 9.94. The van der Waals surface area contributed by atoms with E-state index >= 15 is 0 Å². The van der Waals surface area contributed by atoms with Gasteiger partial charge in [0.1, 0.15) is 6.20 Å². The topological polar surface area (TPSA) is 71.7 Å². The molecular weight excluding hydrogens is 218 g/mol. The molecule has 0 aromatic carbocycles. The van der Waals surface area contributed by atoms with Gasteiger partial charge < -0.3 is 5.32 Å². The first-order valence-electron chi connectivity index (χ1n) is 5.13. The highest BCUT2D eigenvalue weighted by Crippen LogP contribution is 2.08. The minimum Gasteiger partial charge on any atom is -0.354 e. The summed E-state index contributed by atoms with van der Waals surface area (Å²) in [7, 11) is 1.59. The van der Waals surface area contributed by atoms with Gasteiger partial charge in [0, 0.05) is 31.1 Å². The molecule has 0 unspecified atom stereocenters. The van der Waals surface area contributed by atoms with Gasteiger partial charge in [-0.3, -0.25) is 4.79 Å². The van der Waals surface area contributed by atoms with E-state index in [9.17, 15) is 4.79 Å². The van der Waals surface area contributed by atoms with Crippen molar-refractivity contribution in [1.29, 1.82) is 0 Å². The third-order valence-corrected chi connectivity index (χ3v) is 2.18. The number of rotatable bonds is 3. The van der Waals surface area contributed by atoms with Gasteiger partial charge >= 0.3 is 0 Å². The molecule has 0 aliphatic heterocycles. The van der Waals surface area contributed by atoms with Crippen LogP contribution < -0.4 is 10.00 Å². The van der Waals surface area contributed by atoms with Crippen molar-refractivity contribution in [3.05, 3.63) is 36.9 Å². The maximum atomic E-state index is 11.1. The van der Waals surface area contributed by atoms with Crippen molar-refractivity contribution in [2.24, 2.45) is 0 Å². The van der Waals surface area contributed by atoms with E-state index in [2.05, 4.69) is 20.4 Å². The van der Waals surface area contributed by atoms with Gasteiger partial charge in [-0.1, -0.05) is 4.68 Å². The Bertz CT molecular complexity index is 497. The van der Waals surface area contributed by atoms with E-state index in [0.717, 1.165) is 5.56 Å². The second-order valence-corrected chi connectivity index (χ2v) is 3.36. The van der Waals surface area contributed by atoms with Crippen LogP contribution in [0.5, 0.6) is 0 Å². The zero-order valence-corrected chi connectivity index (χ0v) is 9.37. The van der Waals surface area contributed by atoms with Gasteiger partial charge in [-0.25, -0.2) is 9.97 Å². The van der Waals surface area contributed by atoms with Crippen molar-refractivity contribution in [1.82, 2.24) is 20.4 Å². The molecule has 0 aliphatic rings. The van der Waals surface area contributed by atoms with Gasteiger partial charge in [-0.2, -0.15) is 0 Å². The summed E-state index contributed by atoms with van der Waals surface area (Å²) in [6.07, 6.45) is 6.71. The lowest BCUT2D eigenvalue weighted by atomic mass is 10.3. The van der Waals surface area contributed by atoms with Crippen LogP contribution >= 0.6 is 0 Å². The summed E-state index contributed by atoms with van der Waals surface area (Å²) in [5.41, 5.74) is 0.818. The van der Waals surface area contributed by atoms with Gasteiger partial charge in [-0.15, -0.1) is 0 Å². The molecule has 2 aromatic heterocycles. The van der Waals surface area contributed by atoms with Crippen molar-refractivity contribution >= 4 is 5.91 Å². The number of hydrogen-bond donors (Lipinski definition) is 1. The largest absolute Gasteiger partial charge is 0.354 e. The fourth-order valence-corrected chi connectivity index (χ4v) is 1.28. The molecule has 0 bridgehead atoms. The third kappa shape index (κ3) is 2.81. The maximum Gasteiger partial charge on any atom is 0.288 e. The maximum absolute atomic E-state index is 11.1. The quantitative estimate of drug-likeness (QED) is 0.726. The third-order valence-electron chi connectivity index (χ3n) is 2.18. The molecule has 0 saturated heterocycles. The first kappa shape index (κ1) is 11.1. The summed E-state index contributed by atoms with van der Waals surface area (Å²) in [5, 5.41) is 6.65. The zero-order valence-electron chi connectivity index (χ0n) is 9.37. The Labute approximate surface area is 98.4 Å². The van der Waals surface area contributed by atoms with Gasteiger partial charge in [0.15, 0.2) is 12.0 Å². The summed E-state index contributed by atoms with van der Waals surface area (Å²) >= 11 is 0. The fourth-order valence-electron chi connectivity index (χ4n) is 1.28. The molecule has 6 heteroatoms. The lowest BCUT2D eigenvalue weighted by Crippen LogP contribution is -2.44. The Morgan fingerprint density at radius 1 is 1.41 bits per heavy atom. The zero-order chi connectivity index (χ0) is 12.1. The van der Waals surface area contributed by atoms with Gasteiger partial charge in [0.05, 0.1) is 0 Å². The first-order valence-corrected chi connectivity index (χ1v) is 5.13. The lowest BCUT2D eigenvalue weighted by molar-refractivity contribution is -0.742. The van der Waals surface area contributed by atoms with Crippen LogP contribution in [-0.4, -0.2) is 28.0 Å². The molecule has 0 saturated carbocycles. The second kappa shape index (κ2) is 5.11. The number of aromatic nitrogens is 4. The highest BCUT2D eigenvalue weighted by Gasteiger charge is 2.09. The van der Waals surface area contributed by atoms with E-state index < -0.39 is 0 Å². The van der Waals surface area contributed by atoms with Crippen LogP contribution in [0.25, 0.3) is 11.4 Å². The van der Waals surface area contributed by atoms with E-state index in [1.807, 2.05) is 6.07 Å². The molecule has 2 rings (SSSR count). The van der Waals surface area contributed by atoms with Crippen LogP contribution in [-0.2, 0) is 11.3 Å². The van der Waals surface area contributed by atoms with E-state index in [4.69, 9.17) is 0 Å². The average molecular weight is 230 g/mol. The van der Waals surface area contributed by atoms with E-state index in [1.165, 1.54) is 0 Å². The van der Waals surface area contributed by atoms with Crippen LogP contribution in [0.4, 0.5) is 0 Å². The van der Waals surface area contributed by atoms with E-state index in [0.29, 0.717) is 5.82 Å². The molecule has 0 radical (unpaired) electrons. The Balaban J connectivity index is 2.16. The Morgan fingerprint density at radius 3 is 2.76 bits per heavy atom. The highest BCUT2D eigenvalue weighted by atomic mass is 16.1. The molecule has 17 heavy (non-hydrogen) atoms.